The molecule has 0 spiro atoms. The Labute approximate surface area is 153 Å². The summed E-state index contributed by atoms with van der Waals surface area (Å²) in [5, 5.41) is 3.35. The van der Waals surface area contributed by atoms with Gasteiger partial charge in [0.15, 0.2) is 0 Å². The Balaban J connectivity index is 1.59. The number of urea groups is 1. The largest absolute Gasteiger partial charge is 0.416 e. The number of halogens is 4. The normalized spacial score (nSPS) is 15.1. The predicted molar refractivity (Wildman–Crippen MR) is 92.3 cm³/mol. The average molecular weight is 386 g/mol. The molecule has 0 atom stereocenters. The van der Waals surface area contributed by atoms with Crippen molar-refractivity contribution in [2.45, 2.75) is 6.18 Å². The van der Waals surface area contributed by atoms with Crippen LogP contribution in [0.2, 0.25) is 5.02 Å². The zero-order valence-electron chi connectivity index (χ0n) is 13.7. The molecule has 0 radical (unpaired) electrons. The standard InChI is InChI=1S/C17H16ClF3N4O/c18-13-1-3-14(4-2-13)23-16(26)25-9-7-24(8-10-25)15-11-12(5-6-22-15)17(19,20)21/h1-6,11H,7-10H2,(H,23,26)/p+1. The Hall–Kier alpha value is -2.48. The molecule has 1 aromatic carbocycles. The maximum atomic E-state index is 12.8. The summed E-state index contributed by atoms with van der Waals surface area (Å²) in [6.45, 7) is 1.69. The number of benzene rings is 1. The van der Waals surface area contributed by atoms with Gasteiger partial charge >= 0.3 is 12.2 Å². The minimum absolute atomic E-state index is 0.250. The second-order valence-electron chi connectivity index (χ2n) is 5.87. The van der Waals surface area contributed by atoms with Crippen molar-refractivity contribution >= 4 is 29.1 Å². The molecule has 138 valence electrons. The molecule has 2 amide bonds. The van der Waals surface area contributed by atoms with Crippen LogP contribution in [-0.2, 0) is 6.18 Å². The molecule has 5 nitrogen and oxygen atoms in total. The average Bonchev–Trinajstić information content (AvgIpc) is 2.63. The molecule has 1 fully saturated rings. The molecule has 2 aromatic rings. The number of pyridine rings is 1. The molecule has 2 heterocycles. The monoisotopic (exact) mass is 385 g/mol. The number of piperazine rings is 1. The number of hydrogen-bond acceptors (Lipinski definition) is 2. The summed E-state index contributed by atoms with van der Waals surface area (Å²) in [5.41, 5.74) is -0.0674. The van der Waals surface area contributed by atoms with Crippen molar-refractivity contribution in [3.63, 3.8) is 0 Å². The van der Waals surface area contributed by atoms with Crippen LogP contribution in [0.4, 0.5) is 29.5 Å². The molecule has 1 aliphatic rings. The first-order valence-corrected chi connectivity index (χ1v) is 8.36. The molecule has 1 aromatic heterocycles. The highest BCUT2D eigenvalue weighted by atomic mass is 35.5. The van der Waals surface area contributed by atoms with E-state index in [0.29, 0.717) is 42.7 Å². The number of carbonyl (C=O) groups excluding carboxylic acids is 1. The molecule has 0 bridgehead atoms. The molecule has 3 rings (SSSR count). The molecule has 26 heavy (non-hydrogen) atoms. The molecule has 1 aliphatic heterocycles. The summed E-state index contributed by atoms with van der Waals surface area (Å²) in [6, 6.07) is 8.60. The van der Waals surface area contributed by atoms with Crippen LogP contribution in [0.25, 0.3) is 0 Å². The molecular weight excluding hydrogens is 369 g/mol. The van der Waals surface area contributed by atoms with Crippen LogP contribution >= 0.6 is 11.6 Å². The Bertz CT molecular complexity index is 774. The van der Waals surface area contributed by atoms with Gasteiger partial charge in [-0.05, 0) is 30.3 Å². The lowest BCUT2D eigenvalue weighted by atomic mass is 10.2. The summed E-state index contributed by atoms with van der Waals surface area (Å²) < 4.78 is 38.5. The van der Waals surface area contributed by atoms with Crippen molar-refractivity contribution in [3.05, 3.63) is 53.2 Å². The van der Waals surface area contributed by atoms with Gasteiger partial charge in [0.05, 0.1) is 24.8 Å². The number of rotatable bonds is 2. The van der Waals surface area contributed by atoms with Crippen molar-refractivity contribution in [2.75, 3.05) is 36.4 Å². The van der Waals surface area contributed by atoms with Gasteiger partial charge in [0.1, 0.15) is 13.1 Å². The van der Waals surface area contributed by atoms with Crippen LogP contribution in [0, 0.1) is 0 Å². The molecular formula is C17H17ClF3N4O+. The lowest BCUT2D eigenvalue weighted by Crippen LogP contribution is -2.51. The van der Waals surface area contributed by atoms with E-state index in [1.807, 2.05) is 0 Å². The van der Waals surface area contributed by atoms with E-state index in [1.165, 1.54) is 6.20 Å². The van der Waals surface area contributed by atoms with Gasteiger partial charge in [-0.3, -0.25) is 4.90 Å². The van der Waals surface area contributed by atoms with Crippen molar-refractivity contribution in [1.29, 1.82) is 0 Å². The number of carbonyl (C=O) groups is 1. The topological polar surface area (TPSA) is 49.7 Å². The van der Waals surface area contributed by atoms with Gasteiger partial charge < -0.3 is 10.2 Å². The molecule has 2 N–H and O–H groups in total. The van der Waals surface area contributed by atoms with Crippen molar-refractivity contribution < 1.29 is 22.9 Å². The Morgan fingerprint density at radius 3 is 2.35 bits per heavy atom. The first kappa shape index (κ1) is 18.3. The van der Waals surface area contributed by atoms with E-state index < -0.39 is 11.7 Å². The molecule has 0 saturated carbocycles. The van der Waals surface area contributed by atoms with Gasteiger partial charge in [-0.25, -0.2) is 9.78 Å². The van der Waals surface area contributed by atoms with Gasteiger partial charge in [0, 0.05) is 16.8 Å². The summed E-state index contributed by atoms with van der Waals surface area (Å²) in [5.74, 6) is 0.387. The van der Waals surface area contributed by atoms with Gasteiger partial charge in [0.25, 0.3) is 5.82 Å². The number of alkyl halides is 3. The van der Waals surface area contributed by atoms with Crippen LogP contribution in [-0.4, -0.2) is 37.1 Å². The number of hydrogen-bond donors (Lipinski definition) is 1. The van der Waals surface area contributed by atoms with E-state index >= 15 is 0 Å². The second-order valence-corrected chi connectivity index (χ2v) is 6.31. The first-order chi connectivity index (χ1) is 12.3. The van der Waals surface area contributed by atoms with Gasteiger partial charge in [-0.15, -0.1) is 0 Å². The summed E-state index contributed by atoms with van der Waals surface area (Å²) in [6.07, 6.45) is -3.11. The third kappa shape index (κ3) is 4.37. The quantitative estimate of drug-likeness (QED) is 0.859. The Morgan fingerprint density at radius 1 is 1.08 bits per heavy atom. The number of nitrogens with one attached hydrogen (secondary N) is 2. The van der Waals surface area contributed by atoms with Crippen molar-refractivity contribution in [3.8, 4) is 0 Å². The fourth-order valence-electron chi connectivity index (χ4n) is 2.70. The number of aromatic amines is 1. The lowest BCUT2D eigenvalue weighted by Gasteiger charge is -2.31. The zero-order valence-corrected chi connectivity index (χ0v) is 14.4. The summed E-state index contributed by atoms with van der Waals surface area (Å²) >= 11 is 5.81. The zero-order chi connectivity index (χ0) is 18.7. The van der Waals surface area contributed by atoms with E-state index in [0.717, 1.165) is 12.1 Å². The molecule has 1 saturated heterocycles. The van der Waals surface area contributed by atoms with E-state index in [-0.39, 0.29) is 6.03 Å². The smallest absolute Gasteiger partial charge is 0.317 e. The van der Waals surface area contributed by atoms with Crippen LogP contribution in [0.5, 0.6) is 0 Å². The summed E-state index contributed by atoms with van der Waals surface area (Å²) in [4.78, 5) is 18.5. The number of anilines is 2. The maximum absolute atomic E-state index is 12.8. The maximum Gasteiger partial charge on any atom is 0.416 e. The minimum atomic E-state index is -4.38. The van der Waals surface area contributed by atoms with E-state index in [1.54, 1.807) is 34.1 Å². The van der Waals surface area contributed by atoms with Crippen LogP contribution < -0.4 is 15.2 Å². The van der Waals surface area contributed by atoms with E-state index in [2.05, 4.69) is 10.3 Å². The van der Waals surface area contributed by atoms with Crippen LogP contribution in [0.15, 0.2) is 42.6 Å². The third-order valence-electron chi connectivity index (χ3n) is 4.12. The van der Waals surface area contributed by atoms with Crippen LogP contribution in [0.3, 0.4) is 0 Å². The minimum Gasteiger partial charge on any atom is -0.317 e. The van der Waals surface area contributed by atoms with Crippen molar-refractivity contribution in [2.24, 2.45) is 0 Å². The lowest BCUT2D eigenvalue weighted by molar-refractivity contribution is -0.365. The third-order valence-corrected chi connectivity index (χ3v) is 4.37. The van der Waals surface area contributed by atoms with Gasteiger partial charge in [0.2, 0.25) is 0 Å². The highest BCUT2D eigenvalue weighted by molar-refractivity contribution is 6.30. The Kier molecular flexibility index (Phi) is 5.22. The van der Waals surface area contributed by atoms with Gasteiger partial charge in [-0.2, -0.15) is 13.2 Å². The molecule has 0 unspecified atom stereocenters. The fraction of sp³-hybridized carbons (Fsp3) is 0.294. The SMILES string of the molecule is O=C(Nc1ccc(Cl)cc1)N1CCN(c2cc(C(F)(F)F)cc[nH+]2)CC1. The summed E-state index contributed by atoms with van der Waals surface area (Å²) in [7, 11) is 0. The molecule has 9 heteroatoms. The van der Waals surface area contributed by atoms with Gasteiger partial charge in [-0.1, -0.05) is 11.6 Å². The number of aromatic nitrogens is 1. The number of H-pyrrole nitrogens is 1. The fourth-order valence-corrected chi connectivity index (χ4v) is 2.82. The predicted octanol–water partition coefficient (Wildman–Crippen LogP) is 3.53. The first-order valence-electron chi connectivity index (χ1n) is 7.98. The molecule has 0 aliphatic carbocycles. The van der Waals surface area contributed by atoms with Crippen molar-refractivity contribution in [1.82, 2.24) is 4.90 Å². The Morgan fingerprint density at radius 2 is 1.73 bits per heavy atom. The highest BCUT2D eigenvalue weighted by Gasteiger charge is 2.33. The van der Waals surface area contributed by atoms with E-state index in [4.69, 9.17) is 11.6 Å². The highest BCUT2D eigenvalue weighted by Crippen LogP contribution is 2.30. The second kappa shape index (κ2) is 7.41. The number of nitrogens with zero attached hydrogens (tertiary/aromatic N) is 2. The van der Waals surface area contributed by atoms with E-state index in [9.17, 15) is 18.0 Å². The van der Waals surface area contributed by atoms with Crippen LogP contribution in [0.1, 0.15) is 5.56 Å². The number of amides is 2.